The molecule has 1 atom stereocenters. The van der Waals surface area contributed by atoms with Gasteiger partial charge in [0.25, 0.3) is 0 Å². The molecular formula is C16H19N3. The summed E-state index contributed by atoms with van der Waals surface area (Å²) < 4.78 is 2.41. The van der Waals surface area contributed by atoms with E-state index in [1.165, 1.54) is 16.9 Å². The molecular weight excluding hydrogens is 234 g/mol. The standard InChI is InChI=1S/C16H19N3/c1-17-9-10-19-14-6-3-2-5-13(14)11-18-8-4-7-15(18)16(19)12-17/h2-8,16H,9-12H2,1H3/t16-/m0/s1. The maximum absolute atomic E-state index is 2.59. The van der Waals surface area contributed by atoms with Crippen molar-refractivity contribution in [3.63, 3.8) is 0 Å². The lowest BCUT2D eigenvalue weighted by atomic mass is 10.1. The van der Waals surface area contributed by atoms with Crippen LogP contribution in [0.2, 0.25) is 0 Å². The molecule has 3 nitrogen and oxygen atoms in total. The lowest BCUT2D eigenvalue weighted by Crippen LogP contribution is -2.47. The Kier molecular flexibility index (Phi) is 2.42. The van der Waals surface area contributed by atoms with Crippen molar-refractivity contribution in [3.05, 3.63) is 53.9 Å². The average molecular weight is 253 g/mol. The zero-order valence-corrected chi connectivity index (χ0v) is 11.3. The molecule has 19 heavy (non-hydrogen) atoms. The fourth-order valence-corrected chi connectivity index (χ4v) is 3.44. The summed E-state index contributed by atoms with van der Waals surface area (Å²) in [7, 11) is 2.22. The van der Waals surface area contributed by atoms with Gasteiger partial charge in [0.1, 0.15) is 0 Å². The van der Waals surface area contributed by atoms with Crippen LogP contribution in [0.4, 0.5) is 5.69 Å². The summed E-state index contributed by atoms with van der Waals surface area (Å²) in [4.78, 5) is 5.03. The molecule has 0 unspecified atom stereocenters. The van der Waals surface area contributed by atoms with Crippen LogP contribution in [0.5, 0.6) is 0 Å². The second-order valence-corrected chi connectivity index (χ2v) is 5.66. The first-order chi connectivity index (χ1) is 9.33. The number of aromatic nitrogens is 1. The Balaban J connectivity index is 1.89. The first-order valence-corrected chi connectivity index (χ1v) is 7.01. The molecule has 1 fully saturated rings. The summed E-state index contributed by atoms with van der Waals surface area (Å²) in [6.45, 7) is 4.36. The van der Waals surface area contributed by atoms with Crippen molar-refractivity contribution in [2.24, 2.45) is 0 Å². The summed E-state index contributed by atoms with van der Waals surface area (Å²) in [6.07, 6.45) is 2.21. The largest absolute Gasteiger partial charge is 0.360 e. The minimum absolute atomic E-state index is 0.484. The number of rotatable bonds is 0. The van der Waals surface area contributed by atoms with Crippen molar-refractivity contribution in [2.75, 3.05) is 31.6 Å². The molecule has 0 bridgehead atoms. The van der Waals surface area contributed by atoms with Crippen molar-refractivity contribution >= 4 is 5.69 Å². The molecule has 3 heteroatoms. The third-order valence-corrected chi connectivity index (χ3v) is 4.43. The SMILES string of the molecule is CN1CCN2c3ccccc3Cn3cccc3[C@@H]2C1. The van der Waals surface area contributed by atoms with Gasteiger partial charge in [-0.05, 0) is 30.8 Å². The van der Waals surface area contributed by atoms with Crippen molar-refractivity contribution in [1.82, 2.24) is 9.47 Å². The Morgan fingerprint density at radius 3 is 2.89 bits per heavy atom. The molecule has 4 rings (SSSR count). The first kappa shape index (κ1) is 11.1. The molecule has 0 amide bonds. The van der Waals surface area contributed by atoms with E-state index in [9.17, 15) is 0 Å². The van der Waals surface area contributed by atoms with Gasteiger partial charge in [-0.1, -0.05) is 18.2 Å². The highest BCUT2D eigenvalue weighted by molar-refractivity contribution is 5.57. The van der Waals surface area contributed by atoms with Crippen LogP contribution in [-0.4, -0.2) is 36.1 Å². The molecule has 1 saturated heterocycles. The molecule has 2 aliphatic heterocycles. The zero-order chi connectivity index (χ0) is 12.8. The van der Waals surface area contributed by atoms with Gasteiger partial charge in [-0.25, -0.2) is 0 Å². The van der Waals surface area contributed by atoms with Gasteiger partial charge in [0.15, 0.2) is 0 Å². The van der Waals surface area contributed by atoms with Gasteiger partial charge in [-0.3, -0.25) is 0 Å². The van der Waals surface area contributed by atoms with Gasteiger partial charge in [0.05, 0.1) is 6.04 Å². The molecule has 1 aromatic heterocycles. The van der Waals surface area contributed by atoms with Crippen LogP contribution in [-0.2, 0) is 6.54 Å². The Morgan fingerprint density at radius 2 is 1.95 bits per heavy atom. The molecule has 3 heterocycles. The van der Waals surface area contributed by atoms with E-state index in [0.29, 0.717) is 6.04 Å². The van der Waals surface area contributed by atoms with Crippen LogP contribution in [0.1, 0.15) is 17.3 Å². The summed E-state index contributed by atoms with van der Waals surface area (Å²) in [5.41, 5.74) is 4.30. The van der Waals surface area contributed by atoms with E-state index in [4.69, 9.17) is 0 Å². The van der Waals surface area contributed by atoms with E-state index >= 15 is 0 Å². The third-order valence-electron chi connectivity index (χ3n) is 4.43. The van der Waals surface area contributed by atoms with Gasteiger partial charge in [0.2, 0.25) is 0 Å². The molecule has 2 aliphatic rings. The predicted molar refractivity (Wildman–Crippen MR) is 77.6 cm³/mol. The van der Waals surface area contributed by atoms with Crippen LogP contribution >= 0.6 is 0 Å². The number of hydrogen-bond donors (Lipinski definition) is 0. The van der Waals surface area contributed by atoms with E-state index in [1.54, 1.807) is 0 Å². The highest BCUT2D eigenvalue weighted by Gasteiger charge is 2.31. The molecule has 0 N–H and O–H groups in total. The normalized spacial score (nSPS) is 22.4. The molecule has 98 valence electrons. The lowest BCUT2D eigenvalue weighted by molar-refractivity contribution is 0.266. The highest BCUT2D eigenvalue weighted by atomic mass is 15.3. The zero-order valence-electron chi connectivity index (χ0n) is 11.3. The fourth-order valence-electron chi connectivity index (χ4n) is 3.44. The van der Waals surface area contributed by atoms with Crippen molar-refractivity contribution in [1.29, 1.82) is 0 Å². The summed E-state index contributed by atoms with van der Waals surface area (Å²) in [5, 5.41) is 0. The van der Waals surface area contributed by atoms with E-state index in [0.717, 1.165) is 26.2 Å². The number of piperazine rings is 1. The molecule has 0 radical (unpaired) electrons. The van der Waals surface area contributed by atoms with Gasteiger partial charge in [0, 0.05) is 43.8 Å². The van der Waals surface area contributed by atoms with E-state index in [2.05, 4.69) is 64.0 Å². The van der Waals surface area contributed by atoms with Crippen molar-refractivity contribution in [3.8, 4) is 0 Å². The lowest BCUT2D eigenvalue weighted by Gasteiger charge is -2.41. The minimum Gasteiger partial charge on any atom is -0.360 e. The monoisotopic (exact) mass is 253 g/mol. The van der Waals surface area contributed by atoms with Crippen LogP contribution in [0.25, 0.3) is 0 Å². The van der Waals surface area contributed by atoms with Crippen LogP contribution < -0.4 is 4.90 Å². The first-order valence-electron chi connectivity index (χ1n) is 7.01. The second kappa shape index (κ2) is 4.14. The highest BCUT2D eigenvalue weighted by Crippen LogP contribution is 2.36. The predicted octanol–water partition coefficient (Wildman–Crippen LogP) is 2.34. The van der Waals surface area contributed by atoms with Crippen LogP contribution in [0.15, 0.2) is 42.6 Å². The minimum atomic E-state index is 0.484. The summed E-state index contributed by atoms with van der Waals surface area (Å²) >= 11 is 0. The van der Waals surface area contributed by atoms with Crippen molar-refractivity contribution < 1.29 is 0 Å². The molecule has 0 aliphatic carbocycles. The smallest absolute Gasteiger partial charge is 0.0820 e. The van der Waals surface area contributed by atoms with E-state index in [1.807, 2.05) is 0 Å². The van der Waals surface area contributed by atoms with E-state index in [-0.39, 0.29) is 0 Å². The number of para-hydroxylation sites is 1. The third kappa shape index (κ3) is 1.69. The molecule has 0 saturated carbocycles. The Labute approximate surface area is 114 Å². The number of anilines is 1. The van der Waals surface area contributed by atoms with Gasteiger partial charge < -0.3 is 14.4 Å². The average Bonchev–Trinajstić information content (AvgIpc) is 2.83. The summed E-state index contributed by atoms with van der Waals surface area (Å²) in [5.74, 6) is 0. The number of likely N-dealkylation sites (N-methyl/N-ethyl adjacent to an activating group) is 1. The fraction of sp³-hybridized carbons (Fsp3) is 0.375. The molecule has 0 spiro atoms. The quantitative estimate of drug-likeness (QED) is 0.714. The Bertz CT molecular complexity index is 602. The number of benzene rings is 1. The van der Waals surface area contributed by atoms with Gasteiger partial charge in [-0.15, -0.1) is 0 Å². The molecule has 2 aromatic rings. The number of hydrogen-bond acceptors (Lipinski definition) is 2. The van der Waals surface area contributed by atoms with Crippen LogP contribution in [0.3, 0.4) is 0 Å². The van der Waals surface area contributed by atoms with Crippen molar-refractivity contribution in [2.45, 2.75) is 12.6 Å². The summed E-state index contributed by atoms with van der Waals surface area (Å²) in [6, 6.07) is 13.8. The molecule has 1 aromatic carbocycles. The Hall–Kier alpha value is -1.74. The topological polar surface area (TPSA) is 11.4 Å². The van der Waals surface area contributed by atoms with E-state index < -0.39 is 0 Å². The number of nitrogens with zero attached hydrogens (tertiary/aromatic N) is 3. The number of fused-ring (bicyclic) bond motifs is 5. The second-order valence-electron chi connectivity index (χ2n) is 5.66. The van der Waals surface area contributed by atoms with Gasteiger partial charge >= 0.3 is 0 Å². The maximum atomic E-state index is 2.59. The van der Waals surface area contributed by atoms with Gasteiger partial charge in [-0.2, -0.15) is 0 Å². The van der Waals surface area contributed by atoms with Crippen LogP contribution in [0, 0.1) is 0 Å². The Morgan fingerprint density at radius 1 is 1.05 bits per heavy atom. The maximum Gasteiger partial charge on any atom is 0.0820 e.